The topological polar surface area (TPSA) is 590 Å². The van der Waals surface area contributed by atoms with Gasteiger partial charge in [-0.3, -0.25) is 28.8 Å². The van der Waals surface area contributed by atoms with Crippen LogP contribution in [0.2, 0.25) is 0 Å². The summed E-state index contributed by atoms with van der Waals surface area (Å²) in [6.07, 6.45) is 6.47. The number of amides is 1. The Morgan fingerprint density at radius 1 is 0.554 bits per heavy atom. The van der Waals surface area contributed by atoms with E-state index in [0.717, 1.165) is 97.8 Å². The minimum Gasteiger partial charge on any atom is -1.00 e. The Kier molecular flexibility index (Phi) is 96.7. The predicted molar refractivity (Wildman–Crippen MR) is 449 cm³/mol. The van der Waals surface area contributed by atoms with Crippen molar-refractivity contribution in [3.05, 3.63) is 59.7 Å². The fourth-order valence-electron chi connectivity index (χ4n) is 7.23. The first-order valence-corrected chi connectivity index (χ1v) is 40.2. The summed E-state index contributed by atoms with van der Waals surface area (Å²) >= 11 is 15.8. The van der Waals surface area contributed by atoms with Gasteiger partial charge in [0.25, 0.3) is 0 Å². The third-order valence-corrected chi connectivity index (χ3v) is 17.3. The molecule has 2 aromatic rings. The van der Waals surface area contributed by atoms with Crippen molar-refractivity contribution in [2.45, 2.75) is 116 Å². The number of carbonyl (C=O) groups is 14. The summed E-state index contributed by atoms with van der Waals surface area (Å²) in [7, 11) is 11.0. The molecule has 5 fully saturated rings. The number of thiol groups is 1. The van der Waals surface area contributed by atoms with Crippen LogP contribution in [0.1, 0.15) is 79.8 Å². The number of nitrogens with two attached hydrogens (primary N) is 2. The van der Waals surface area contributed by atoms with Crippen molar-refractivity contribution in [2.24, 2.45) is 11.5 Å². The number of aliphatic carboxylic acids is 2. The van der Waals surface area contributed by atoms with E-state index in [4.69, 9.17) is 97.6 Å². The molecule has 41 nitrogen and oxygen atoms in total. The third-order valence-electron chi connectivity index (χ3n) is 13.2. The molecule has 49 heteroatoms. The molecule has 0 aliphatic carbocycles. The van der Waals surface area contributed by atoms with E-state index in [-0.39, 0.29) is 143 Å². The van der Waals surface area contributed by atoms with Crippen molar-refractivity contribution in [3.63, 3.8) is 0 Å². The molecule has 0 unspecified atom stereocenters. The van der Waals surface area contributed by atoms with Crippen molar-refractivity contribution in [2.75, 3.05) is 178 Å². The number of alkyl carbamates (subject to hydrolysis) is 1. The summed E-state index contributed by atoms with van der Waals surface area (Å²) in [5.74, 6) is -1.81. The fraction of sp³-hybridized carbons (Fsp3) is 0.625. The number of thioether (sulfide) groups is 4. The van der Waals surface area contributed by atoms with Gasteiger partial charge in [0.05, 0.1) is 45.1 Å². The molecule has 11 N–H and O–H groups in total. The first-order valence-electron chi connectivity index (χ1n) is 35.0. The molecule has 121 heavy (non-hydrogen) atoms. The molecule has 5 aliphatic heterocycles. The number of likely N-dealkylation sites (N-methyl/N-ethyl adjacent to an activating group) is 2. The fourth-order valence-corrected chi connectivity index (χ4v) is 10.5. The van der Waals surface area contributed by atoms with Crippen molar-refractivity contribution >= 4 is 169 Å². The summed E-state index contributed by atoms with van der Waals surface area (Å²) in [4.78, 5) is 167. The average Bonchev–Trinajstić information content (AvgIpc) is 1.78. The summed E-state index contributed by atoms with van der Waals surface area (Å²) in [5.41, 5.74) is 11.9. The van der Waals surface area contributed by atoms with Crippen molar-refractivity contribution < 1.29 is 204 Å². The molecule has 0 spiro atoms. The molecule has 7 rings (SSSR count). The van der Waals surface area contributed by atoms with Crippen LogP contribution in [0.4, 0.5) is 38.4 Å². The Bertz CT molecular complexity index is 3120. The molecule has 2 aromatic carbocycles. The smallest absolute Gasteiger partial charge is 1.00 e. The number of esters is 2. The summed E-state index contributed by atoms with van der Waals surface area (Å²) in [6.45, 7) is 11.5. The Hall–Kier alpha value is -6.39. The van der Waals surface area contributed by atoms with Gasteiger partial charge < -0.3 is 125 Å². The molecule has 6 atom stereocenters. The molecular weight excluding hydrogens is 1770 g/mol. The molecule has 0 aromatic heterocycles. The van der Waals surface area contributed by atoms with Gasteiger partial charge in [-0.1, -0.05) is 39.1 Å². The monoisotopic (exact) mass is 1880 g/mol. The van der Waals surface area contributed by atoms with Crippen LogP contribution in [0, 0.1) is 0 Å². The number of methoxy groups -OCH3 is 5. The second-order valence-electron chi connectivity index (χ2n) is 22.2. The van der Waals surface area contributed by atoms with E-state index in [1.54, 1.807) is 57.4 Å². The van der Waals surface area contributed by atoms with Gasteiger partial charge in [-0.25, -0.2) is 38.4 Å². The van der Waals surface area contributed by atoms with Crippen LogP contribution < -0.4 is 66.4 Å². The SMILES string of the molecule is C.C.C1CCOC1.C1CCOC1.C1CCOC1.CN[C@@H](CSC(=O)OCCOC)C(C)=O.CN[C@@H](Cc1ccc(OC(=O)OCCOC)cc1)C(C)=O.COCCOC(=O)Oc1ccc(C[C@@H]2NC(=O)OC2=O)cc1.COCCOC(=O)SC[C@@H]1SC(=O)OC1=O.COCCOC(=O)SC[C@H](N)C(=O)O.N[C@@H](CS)C(=O)O.O.O=C(Cl)Cl.O=C=O.[H-].[Na+]. The van der Waals surface area contributed by atoms with Gasteiger partial charge in [0.1, 0.15) is 79.5 Å². The van der Waals surface area contributed by atoms with Gasteiger partial charge in [0.2, 0.25) is 0 Å². The molecular formula is C72H118Cl2N5NaO36S5. The van der Waals surface area contributed by atoms with Crippen LogP contribution in [0.5, 0.6) is 11.5 Å². The van der Waals surface area contributed by atoms with Gasteiger partial charge in [0, 0.05) is 105 Å². The van der Waals surface area contributed by atoms with Gasteiger partial charge in [-0.05, 0) is 179 Å². The van der Waals surface area contributed by atoms with E-state index in [1.165, 1.54) is 81.0 Å². The van der Waals surface area contributed by atoms with Crippen molar-refractivity contribution in [1.82, 2.24) is 16.0 Å². The molecule has 5 saturated heterocycles. The third kappa shape index (κ3) is 83.0. The minimum atomic E-state index is -1.14. The van der Waals surface area contributed by atoms with Gasteiger partial charge >= 0.3 is 104 Å². The Morgan fingerprint density at radius 3 is 1.17 bits per heavy atom. The number of Topliss-reactive ketones (excluding diaryl/α,β-unsaturated/α-hetero) is 2. The van der Waals surface area contributed by atoms with E-state index in [2.05, 4.69) is 70.7 Å². The van der Waals surface area contributed by atoms with Gasteiger partial charge in [0.15, 0.2) is 0 Å². The number of cyclic esters (lactones) is 4. The minimum absolute atomic E-state index is 0. The Morgan fingerprint density at radius 2 is 0.893 bits per heavy atom. The number of hydrogen-bond donors (Lipinski definition) is 8. The molecule has 0 saturated carbocycles. The predicted octanol–water partition coefficient (Wildman–Crippen LogP) is 4.75. The number of rotatable bonds is 34. The Labute approximate surface area is 759 Å². The number of ether oxygens (including phenoxy) is 17. The van der Waals surface area contributed by atoms with Gasteiger partial charge in [-0.2, -0.15) is 22.2 Å². The Balaban J connectivity index is -0.000000172. The first kappa shape index (κ1) is 130. The molecule has 0 bridgehead atoms. The summed E-state index contributed by atoms with van der Waals surface area (Å²) < 4.78 is 79.9. The number of nitrogens with one attached hydrogen (secondary N) is 3. The van der Waals surface area contributed by atoms with E-state index in [9.17, 15) is 62.3 Å². The van der Waals surface area contributed by atoms with E-state index >= 15 is 0 Å². The molecule has 0 radical (unpaired) electrons. The maximum Gasteiger partial charge on any atom is 1.00 e. The van der Waals surface area contributed by atoms with Crippen molar-refractivity contribution in [1.29, 1.82) is 0 Å². The van der Waals surface area contributed by atoms with Crippen LogP contribution in [0.3, 0.4) is 0 Å². The molecule has 692 valence electrons. The van der Waals surface area contributed by atoms with E-state index < -0.39 is 86.3 Å². The number of carboxylic acid groups (broad SMARTS) is 2. The quantitative estimate of drug-likeness (QED) is 0.00684. The summed E-state index contributed by atoms with van der Waals surface area (Å²) in [6, 6.07) is 10.4. The number of ketones is 2. The van der Waals surface area contributed by atoms with Crippen LogP contribution >= 0.6 is 82.9 Å². The number of hydrogen-bond acceptors (Lipinski definition) is 42. The molecule has 1 amide bonds. The number of carboxylic acids is 2. The normalized spacial score (nSPS) is 14.7. The standard InChI is InChI=1S/C15H21NO5.C14H15NO7.C9H17NO4S.C8H10O6S2.C7H13NO5S.3C4H8O.C3H7NO2S.CCl2O.CO2.2CH4.Na.H2O.H/c1-11(17)14(16-2)10-12-4-6-13(7-5-12)21-15(18)20-9-8-19-3;1-19-6-7-20-14(18)21-10-4-2-9(3-5-10)8-11-12(16)22-13(17)15-11;1-7(11)8(10-2)6-15-9(12)14-5-4-13-3;1-12-2-3-13-7(10)15-4-5-6(9)14-8(11)16-5;1-12-2-3-13-7(11)14-4-5(8)6(9)10;3*1-2-4-5-3-1;4-2(1-7)3(5)6;2-1(3)4;2-1-3;;;;;/h4-7,14,16H,8-10H2,1-3H3;2-5,11H,6-8H2,1H3,(H,15,17);8,10H,4-6H2,1-3H3;5H,2-4H2,1H3;5H,2-4,8H2,1H3,(H,9,10);3*1-4H2;2,7H,1,4H2,(H,5,6);;;2*1H4;;1H2;/q;;;;;;;;;;;;;+1;;-1/t14-;11-;8-;2*5-;;;;2-;;;;;;;/m00000...0......./s1. The zero-order chi connectivity index (χ0) is 89.0. The number of benzene rings is 2. The summed E-state index contributed by atoms with van der Waals surface area (Å²) in [5, 5.41) is 21.9. The van der Waals surface area contributed by atoms with Crippen LogP contribution in [-0.2, 0) is 122 Å². The van der Waals surface area contributed by atoms with Crippen LogP contribution in [0.15, 0.2) is 48.5 Å². The van der Waals surface area contributed by atoms with E-state index in [1.807, 2.05) is 12.1 Å². The zero-order valence-electron chi connectivity index (χ0n) is 68.7. The average molecular weight is 1880 g/mol. The number of carbonyl (C=O) groups excluding carboxylic acids is 14. The van der Waals surface area contributed by atoms with Crippen LogP contribution in [-0.4, -0.2) is 315 Å². The largest absolute Gasteiger partial charge is 1.00 e. The number of halogens is 2. The molecule has 5 aliphatic rings. The zero-order valence-corrected chi connectivity index (χ0v) is 75.4. The van der Waals surface area contributed by atoms with E-state index in [0.29, 0.717) is 56.5 Å². The van der Waals surface area contributed by atoms with Crippen molar-refractivity contribution in [3.8, 4) is 11.5 Å². The maximum absolute atomic E-state index is 11.4. The second-order valence-corrected chi connectivity index (χ2v) is 27.5. The molecule has 5 heterocycles. The second kappa shape index (κ2) is 89.9. The van der Waals surface area contributed by atoms with Gasteiger partial charge in [-0.15, -0.1) is 0 Å². The first-order chi connectivity index (χ1) is 55.8. The maximum atomic E-state index is 11.4. The van der Waals surface area contributed by atoms with Crippen LogP contribution in [0.25, 0.3) is 0 Å².